The number of aliphatic hydroxyl groups is 1. The molecule has 0 saturated heterocycles. The Morgan fingerprint density at radius 2 is 2.07 bits per heavy atom. The molecule has 0 heterocycles. The SMILES string of the molecule is CCOC(=O)CNCC1CCC(O)CC1. The largest absolute Gasteiger partial charge is 0.465 e. The van der Waals surface area contributed by atoms with E-state index in [1.807, 2.05) is 0 Å². The molecule has 0 atom stereocenters. The number of nitrogens with one attached hydrogen (secondary N) is 1. The fraction of sp³-hybridized carbons (Fsp3) is 0.909. The van der Waals surface area contributed by atoms with Crippen LogP contribution in [0.1, 0.15) is 32.6 Å². The molecule has 4 nitrogen and oxygen atoms in total. The van der Waals surface area contributed by atoms with E-state index >= 15 is 0 Å². The van der Waals surface area contributed by atoms with E-state index in [-0.39, 0.29) is 12.1 Å². The van der Waals surface area contributed by atoms with Crippen molar-refractivity contribution in [2.75, 3.05) is 19.7 Å². The Hall–Kier alpha value is -0.610. The minimum Gasteiger partial charge on any atom is -0.465 e. The van der Waals surface area contributed by atoms with E-state index in [2.05, 4.69) is 5.32 Å². The Balaban J connectivity index is 2.02. The standard InChI is InChI=1S/C11H21NO3/c1-2-15-11(14)8-12-7-9-3-5-10(13)6-4-9/h9-10,12-13H,2-8H2,1H3. The molecule has 0 bridgehead atoms. The van der Waals surface area contributed by atoms with Crippen molar-refractivity contribution in [3.05, 3.63) is 0 Å². The van der Waals surface area contributed by atoms with E-state index < -0.39 is 0 Å². The summed E-state index contributed by atoms with van der Waals surface area (Å²) >= 11 is 0. The minimum absolute atomic E-state index is 0.105. The fourth-order valence-corrected chi connectivity index (χ4v) is 1.94. The normalized spacial score (nSPS) is 26.3. The molecule has 0 aromatic carbocycles. The summed E-state index contributed by atoms with van der Waals surface area (Å²) in [6.45, 7) is 3.40. The van der Waals surface area contributed by atoms with E-state index in [9.17, 15) is 9.90 Å². The predicted octanol–water partition coefficient (Wildman–Crippen LogP) is 0.690. The van der Waals surface area contributed by atoms with Crippen LogP contribution in [0.25, 0.3) is 0 Å². The second kappa shape index (κ2) is 6.80. The first-order chi connectivity index (χ1) is 7.22. The number of carbonyl (C=O) groups excluding carboxylic acids is 1. The average Bonchev–Trinajstić information content (AvgIpc) is 2.21. The van der Waals surface area contributed by atoms with Gasteiger partial charge in [-0.1, -0.05) is 0 Å². The zero-order valence-electron chi connectivity index (χ0n) is 9.37. The molecule has 88 valence electrons. The van der Waals surface area contributed by atoms with Crippen LogP contribution in [0.5, 0.6) is 0 Å². The summed E-state index contributed by atoms with van der Waals surface area (Å²) in [6.07, 6.45) is 3.79. The smallest absolute Gasteiger partial charge is 0.319 e. The highest BCUT2D eigenvalue weighted by atomic mass is 16.5. The molecule has 0 aliphatic heterocycles. The Kier molecular flexibility index (Phi) is 5.65. The van der Waals surface area contributed by atoms with Crippen LogP contribution in [0, 0.1) is 5.92 Å². The lowest BCUT2D eigenvalue weighted by atomic mass is 9.87. The van der Waals surface area contributed by atoms with Gasteiger partial charge in [-0.3, -0.25) is 4.79 Å². The van der Waals surface area contributed by atoms with Crippen molar-refractivity contribution in [1.29, 1.82) is 0 Å². The highest BCUT2D eigenvalue weighted by Gasteiger charge is 2.18. The van der Waals surface area contributed by atoms with Crippen LogP contribution in [0.4, 0.5) is 0 Å². The Bertz CT molecular complexity index is 188. The van der Waals surface area contributed by atoms with E-state index in [1.54, 1.807) is 6.92 Å². The van der Waals surface area contributed by atoms with Gasteiger partial charge in [0.25, 0.3) is 0 Å². The van der Waals surface area contributed by atoms with Crippen LogP contribution in [0.2, 0.25) is 0 Å². The molecule has 0 spiro atoms. The van der Waals surface area contributed by atoms with Gasteiger partial charge in [0.05, 0.1) is 19.3 Å². The van der Waals surface area contributed by atoms with Gasteiger partial charge >= 0.3 is 5.97 Å². The average molecular weight is 215 g/mol. The second-order valence-electron chi connectivity index (χ2n) is 4.11. The number of esters is 1. The van der Waals surface area contributed by atoms with Gasteiger partial charge in [-0.2, -0.15) is 0 Å². The Morgan fingerprint density at radius 3 is 2.67 bits per heavy atom. The van der Waals surface area contributed by atoms with Crippen LogP contribution < -0.4 is 5.32 Å². The minimum atomic E-state index is -0.187. The van der Waals surface area contributed by atoms with Gasteiger partial charge in [-0.25, -0.2) is 0 Å². The predicted molar refractivity (Wildman–Crippen MR) is 57.5 cm³/mol. The molecule has 2 N–H and O–H groups in total. The first-order valence-corrected chi connectivity index (χ1v) is 5.76. The van der Waals surface area contributed by atoms with Crippen molar-refractivity contribution in [3.63, 3.8) is 0 Å². The summed E-state index contributed by atoms with van der Waals surface area (Å²) in [4.78, 5) is 11.0. The maximum absolute atomic E-state index is 11.0. The first kappa shape index (κ1) is 12.5. The van der Waals surface area contributed by atoms with Crippen molar-refractivity contribution in [2.45, 2.75) is 38.7 Å². The quantitative estimate of drug-likeness (QED) is 0.662. The highest BCUT2D eigenvalue weighted by molar-refractivity contribution is 5.71. The second-order valence-corrected chi connectivity index (χ2v) is 4.11. The summed E-state index contributed by atoms with van der Waals surface area (Å²) in [7, 11) is 0. The third-order valence-electron chi connectivity index (χ3n) is 2.82. The Labute approximate surface area is 91.0 Å². The molecule has 1 aliphatic carbocycles. The van der Waals surface area contributed by atoms with E-state index in [0.29, 0.717) is 19.1 Å². The van der Waals surface area contributed by atoms with E-state index in [0.717, 1.165) is 32.2 Å². The maximum Gasteiger partial charge on any atom is 0.319 e. The van der Waals surface area contributed by atoms with Crippen LogP contribution in [-0.2, 0) is 9.53 Å². The molecule has 0 amide bonds. The molecule has 4 heteroatoms. The lowest BCUT2D eigenvalue weighted by Crippen LogP contribution is -2.32. The Morgan fingerprint density at radius 1 is 1.40 bits per heavy atom. The molecule has 0 unspecified atom stereocenters. The number of rotatable bonds is 5. The highest BCUT2D eigenvalue weighted by Crippen LogP contribution is 2.23. The molecule has 15 heavy (non-hydrogen) atoms. The lowest BCUT2D eigenvalue weighted by molar-refractivity contribution is -0.142. The maximum atomic E-state index is 11.0. The summed E-state index contributed by atoms with van der Waals surface area (Å²) in [5.74, 6) is 0.413. The third kappa shape index (κ3) is 5.14. The third-order valence-corrected chi connectivity index (χ3v) is 2.82. The van der Waals surface area contributed by atoms with Crippen molar-refractivity contribution in [3.8, 4) is 0 Å². The lowest BCUT2D eigenvalue weighted by Gasteiger charge is -2.25. The molecule has 0 radical (unpaired) electrons. The molecule has 1 fully saturated rings. The summed E-state index contributed by atoms with van der Waals surface area (Å²) in [6, 6.07) is 0. The zero-order chi connectivity index (χ0) is 11.1. The van der Waals surface area contributed by atoms with E-state index in [1.165, 1.54) is 0 Å². The molecular weight excluding hydrogens is 194 g/mol. The van der Waals surface area contributed by atoms with Crippen LogP contribution in [-0.4, -0.2) is 36.9 Å². The molecule has 1 saturated carbocycles. The van der Waals surface area contributed by atoms with Gasteiger partial charge in [-0.15, -0.1) is 0 Å². The number of aliphatic hydroxyl groups excluding tert-OH is 1. The fourth-order valence-electron chi connectivity index (χ4n) is 1.94. The van der Waals surface area contributed by atoms with Gasteiger partial charge in [0.1, 0.15) is 0 Å². The molecule has 0 aromatic heterocycles. The van der Waals surface area contributed by atoms with Crippen molar-refractivity contribution in [2.24, 2.45) is 5.92 Å². The number of hydrogen-bond acceptors (Lipinski definition) is 4. The summed E-state index contributed by atoms with van der Waals surface area (Å²) in [5, 5.41) is 12.4. The molecule has 1 rings (SSSR count). The summed E-state index contributed by atoms with van der Waals surface area (Å²) in [5.41, 5.74) is 0. The topological polar surface area (TPSA) is 58.6 Å². The molecule has 0 aromatic rings. The number of hydrogen-bond donors (Lipinski definition) is 2. The van der Waals surface area contributed by atoms with Gasteiger partial charge in [-0.05, 0) is 45.1 Å². The van der Waals surface area contributed by atoms with Crippen LogP contribution in [0.15, 0.2) is 0 Å². The summed E-state index contributed by atoms with van der Waals surface area (Å²) < 4.78 is 4.81. The van der Waals surface area contributed by atoms with Crippen LogP contribution >= 0.6 is 0 Å². The van der Waals surface area contributed by atoms with Crippen LogP contribution in [0.3, 0.4) is 0 Å². The van der Waals surface area contributed by atoms with E-state index in [4.69, 9.17) is 4.74 Å². The molecule has 1 aliphatic rings. The monoisotopic (exact) mass is 215 g/mol. The zero-order valence-corrected chi connectivity index (χ0v) is 9.37. The van der Waals surface area contributed by atoms with Crippen molar-refractivity contribution < 1.29 is 14.6 Å². The van der Waals surface area contributed by atoms with Gasteiger partial charge < -0.3 is 15.2 Å². The van der Waals surface area contributed by atoms with Crippen molar-refractivity contribution >= 4 is 5.97 Å². The van der Waals surface area contributed by atoms with Gasteiger partial charge in [0.15, 0.2) is 0 Å². The number of ether oxygens (including phenoxy) is 1. The van der Waals surface area contributed by atoms with Gasteiger partial charge in [0, 0.05) is 0 Å². The number of carbonyl (C=O) groups is 1. The van der Waals surface area contributed by atoms with Crippen molar-refractivity contribution in [1.82, 2.24) is 5.32 Å². The molecular formula is C11H21NO3. The first-order valence-electron chi connectivity index (χ1n) is 5.76. The van der Waals surface area contributed by atoms with Gasteiger partial charge in [0.2, 0.25) is 0 Å².